The molecule has 2 aromatic heterocycles. The minimum Gasteiger partial charge on any atom is -0.294 e. The van der Waals surface area contributed by atoms with E-state index < -0.39 is 0 Å². The number of aromatic nitrogens is 3. The molecular formula is C13H17N3OS. The molecule has 0 N–H and O–H groups in total. The molecule has 0 radical (unpaired) electrons. The van der Waals surface area contributed by atoms with E-state index in [4.69, 9.17) is 0 Å². The Balaban J connectivity index is 2.13. The molecule has 0 unspecified atom stereocenters. The molecule has 96 valence electrons. The average molecular weight is 263 g/mol. The van der Waals surface area contributed by atoms with Gasteiger partial charge in [0.25, 0.3) is 0 Å². The van der Waals surface area contributed by atoms with Gasteiger partial charge >= 0.3 is 0 Å². The van der Waals surface area contributed by atoms with Gasteiger partial charge in [-0.3, -0.25) is 4.79 Å². The number of rotatable bonds is 5. The van der Waals surface area contributed by atoms with E-state index in [1.165, 1.54) is 6.33 Å². The molecule has 0 fully saturated rings. The monoisotopic (exact) mass is 263 g/mol. The highest BCUT2D eigenvalue weighted by Gasteiger charge is 2.15. The van der Waals surface area contributed by atoms with Crippen LogP contribution in [0.3, 0.4) is 0 Å². The van der Waals surface area contributed by atoms with Gasteiger partial charge in [-0.25, -0.2) is 9.67 Å². The Hall–Kier alpha value is -1.49. The third kappa shape index (κ3) is 2.85. The van der Waals surface area contributed by atoms with Crippen molar-refractivity contribution < 1.29 is 4.79 Å². The van der Waals surface area contributed by atoms with E-state index in [2.05, 4.69) is 23.9 Å². The van der Waals surface area contributed by atoms with Gasteiger partial charge in [-0.2, -0.15) is 16.4 Å². The number of hydrogen-bond acceptors (Lipinski definition) is 4. The topological polar surface area (TPSA) is 47.8 Å². The van der Waals surface area contributed by atoms with Crippen molar-refractivity contribution in [2.45, 2.75) is 33.7 Å². The smallest absolute Gasteiger partial charge is 0.171 e. The molecule has 0 aromatic carbocycles. The van der Waals surface area contributed by atoms with E-state index in [1.807, 2.05) is 22.4 Å². The van der Waals surface area contributed by atoms with E-state index in [9.17, 15) is 4.79 Å². The molecular weight excluding hydrogens is 246 g/mol. The molecule has 0 atom stereocenters. The molecule has 18 heavy (non-hydrogen) atoms. The maximum atomic E-state index is 12.2. The molecule has 0 spiro atoms. The van der Waals surface area contributed by atoms with Crippen LogP contribution in [0.15, 0.2) is 17.1 Å². The van der Waals surface area contributed by atoms with Crippen LogP contribution in [0.1, 0.15) is 35.6 Å². The van der Waals surface area contributed by atoms with Crippen molar-refractivity contribution in [1.82, 2.24) is 14.8 Å². The summed E-state index contributed by atoms with van der Waals surface area (Å²) >= 11 is 1.56. The number of aryl methyl sites for hydroxylation is 1. The SMILES string of the molecule is Cc1cscc1C(=O)Cc1ncnn1CC(C)C. The van der Waals surface area contributed by atoms with E-state index >= 15 is 0 Å². The molecule has 0 saturated heterocycles. The Labute approximate surface area is 111 Å². The second kappa shape index (κ2) is 5.44. The lowest BCUT2D eigenvalue weighted by atomic mass is 10.1. The second-order valence-electron chi connectivity index (χ2n) is 4.82. The highest BCUT2D eigenvalue weighted by Crippen LogP contribution is 2.16. The number of carbonyl (C=O) groups excluding carboxylic acids is 1. The quantitative estimate of drug-likeness (QED) is 0.779. The van der Waals surface area contributed by atoms with Crippen LogP contribution in [0.5, 0.6) is 0 Å². The van der Waals surface area contributed by atoms with E-state index in [0.717, 1.165) is 23.5 Å². The third-order valence-corrected chi connectivity index (χ3v) is 3.57. The summed E-state index contributed by atoms with van der Waals surface area (Å²) in [6.07, 6.45) is 1.84. The van der Waals surface area contributed by atoms with E-state index in [1.54, 1.807) is 11.3 Å². The van der Waals surface area contributed by atoms with Crippen molar-refractivity contribution in [2.24, 2.45) is 5.92 Å². The maximum absolute atomic E-state index is 12.2. The molecule has 0 aliphatic rings. The van der Waals surface area contributed by atoms with Crippen LogP contribution in [0.4, 0.5) is 0 Å². The second-order valence-corrected chi connectivity index (χ2v) is 5.56. The Morgan fingerprint density at radius 2 is 2.22 bits per heavy atom. The third-order valence-electron chi connectivity index (χ3n) is 2.71. The molecule has 0 aliphatic heterocycles. The fourth-order valence-corrected chi connectivity index (χ4v) is 2.66. The van der Waals surface area contributed by atoms with E-state index in [0.29, 0.717) is 12.3 Å². The number of carbonyl (C=O) groups is 1. The Bertz CT molecular complexity index is 542. The molecule has 4 nitrogen and oxygen atoms in total. The Morgan fingerprint density at radius 1 is 1.44 bits per heavy atom. The van der Waals surface area contributed by atoms with Crippen molar-refractivity contribution in [1.29, 1.82) is 0 Å². The Kier molecular flexibility index (Phi) is 3.91. The maximum Gasteiger partial charge on any atom is 0.171 e. The predicted octanol–water partition coefficient (Wildman–Crippen LogP) is 2.73. The summed E-state index contributed by atoms with van der Waals surface area (Å²) in [5, 5.41) is 8.06. The first-order valence-electron chi connectivity index (χ1n) is 6.00. The summed E-state index contributed by atoms with van der Waals surface area (Å²) < 4.78 is 1.82. The van der Waals surface area contributed by atoms with Gasteiger partial charge in [0.05, 0.1) is 6.42 Å². The van der Waals surface area contributed by atoms with Gasteiger partial charge in [0.15, 0.2) is 5.78 Å². The van der Waals surface area contributed by atoms with Crippen LogP contribution in [0, 0.1) is 12.8 Å². The molecule has 2 rings (SSSR count). The molecule has 0 aliphatic carbocycles. The van der Waals surface area contributed by atoms with Crippen LogP contribution >= 0.6 is 11.3 Å². The molecule has 2 heterocycles. The van der Waals surface area contributed by atoms with Crippen molar-refractivity contribution in [3.8, 4) is 0 Å². The number of thiophene rings is 1. The molecule has 0 amide bonds. The molecule has 0 saturated carbocycles. The summed E-state index contributed by atoms with van der Waals surface area (Å²) in [7, 11) is 0. The molecule has 2 aromatic rings. The summed E-state index contributed by atoms with van der Waals surface area (Å²) in [4.78, 5) is 16.3. The molecule has 0 bridgehead atoms. The zero-order chi connectivity index (χ0) is 13.1. The van der Waals surface area contributed by atoms with Crippen molar-refractivity contribution >= 4 is 17.1 Å². The largest absolute Gasteiger partial charge is 0.294 e. The van der Waals surface area contributed by atoms with Gasteiger partial charge in [-0.15, -0.1) is 0 Å². The highest BCUT2D eigenvalue weighted by molar-refractivity contribution is 7.08. The fourth-order valence-electron chi connectivity index (χ4n) is 1.81. The highest BCUT2D eigenvalue weighted by atomic mass is 32.1. The van der Waals surface area contributed by atoms with Crippen molar-refractivity contribution in [3.63, 3.8) is 0 Å². The first-order valence-corrected chi connectivity index (χ1v) is 6.95. The summed E-state index contributed by atoms with van der Waals surface area (Å²) in [5.41, 5.74) is 1.85. The van der Waals surface area contributed by atoms with Crippen molar-refractivity contribution in [3.05, 3.63) is 34.0 Å². The minimum absolute atomic E-state index is 0.117. The van der Waals surface area contributed by atoms with Crippen LogP contribution < -0.4 is 0 Å². The van der Waals surface area contributed by atoms with Gasteiger partial charge in [0, 0.05) is 17.5 Å². The normalized spacial score (nSPS) is 11.1. The van der Waals surface area contributed by atoms with Crippen LogP contribution in [-0.4, -0.2) is 20.5 Å². The van der Waals surface area contributed by atoms with Crippen LogP contribution in [-0.2, 0) is 13.0 Å². The summed E-state index contributed by atoms with van der Waals surface area (Å²) in [5.74, 6) is 1.36. The number of ketones is 1. The van der Waals surface area contributed by atoms with Gasteiger partial charge in [0.1, 0.15) is 12.2 Å². The lowest BCUT2D eigenvalue weighted by Gasteiger charge is -2.07. The van der Waals surface area contributed by atoms with Gasteiger partial charge in [-0.05, 0) is 23.8 Å². The van der Waals surface area contributed by atoms with Crippen LogP contribution in [0.25, 0.3) is 0 Å². The predicted molar refractivity (Wildman–Crippen MR) is 72.0 cm³/mol. The van der Waals surface area contributed by atoms with Crippen molar-refractivity contribution in [2.75, 3.05) is 0 Å². The zero-order valence-electron chi connectivity index (χ0n) is 10.9. The van der Waals surface area contributed by atoms with Gasteiger partial charge in [0.2, 0.25) is 0 Å². The van der Waals surface area contributed by atoms with Crippen LogP contribution in [0.2, 0.25) is 0 Å². The van der Waals surface area contributed by atoms with Gasteiger partial charge < -0.3 is 0 Å². The van der Waals surface area contributed by atoms with Gasteiger partial charge in [-0.1, -0.05) is 13.8 Å². The summed E-state index contributed by atoms with van der Waals surface area (Å²) in [6, 6.07) is 0. The molecule has 5 heteroatoms. The fraction of sp³-hybridized carbons (Fsp3) is 0.462. The average Bonchev–Trinajstić information content (AvgIpc) is 2.88. The lowest BCUT2D eigenvalue weighted by Crippen LogP contribution is -2.14. The number of hydrogen-bond donors (Lipinski definition) is 0. The number of nitrogens with zero attached hydrogens (tertiary/aromatic N) is 3. The zero-order valence-corrected chi connectivity index (χ0v) is 11.7. The number of Topliss-reactive ketones (excluding diaryl/α,β-unsaturated/α-hetero) is 1. The minimum atomic E-state index is 0.117. The van der Waals surface area contributed by atoms with E-state index in [-0.39, 0.29) is 5.78 Å². The Morgan fingerprint density at radius 3 is 2.83 bits per heavy atom. The lowest BCUT2D eigenvalue weighted by molar-refractivity contribution is 0.0989. The first kappa shape index (κ1) is 13.0. The summed E-state index contributed by atoms with van der Waals surface area (Å²) in [6.45, 7) is 7.00. The first-order chi connectivity index (χ1) is 8.58. The standard InChI is InChI=1S/C13H17N3OS/c1-9(2)5-16-13(14-8-15-16)4-12(17)11-7-18-6-10(11)3/h6-9H,4-5H2,1-3H3.